The number of carbonyl (C=O) groups excluding carboxylic acids is 1. The van der Waals surface area contributed by atoms with Crippen LogP contribution in [0.25, 0.3) is 0 Å². The van der Waals surface area contributed by atoms with E-state index in [1.54, 1.807) is 4.90 Å². The number of amides is 2. The molecule has 0 aromatic carbocycles. The largest absolute Gasteiger partial charge is 0.481 e. The predicted molar refractivity (Wildman–Crippen MR) is 76.2 cm³/mol. The second-order valence-electron chi connectivity index (χ2n) is 5.09. The zero-order valence-electron chi connectivity index (χ0n) is 12.6. The standard InChI is InChI=1S/C14H28N2O3/c1-5-8-12(9-13(17)18)15-14(19)16(7-3)10-11(4)6-2/h11-12H,5-10H2,1-4H3,(H,15,19)(H,17,18). The third-order valence-electron chi connectivity index (χ3n) is 3.28. The Morgan fingerprint density at radius 3 is 2.32 bits per heavy atom. The predicted octanol–water partition coefficient (Wildman–Crippen LogP) is 2.71. The van der Waals surface area contributed by atoms with Crippen molar-refractivity contribution in [3.8, 4) is 0 Å². The van der Waals surface area contributed by atoms with Crippen LogP contribution in [0.2, 0.25) is 0 Å². The number of carbonyl (C=O) groups is 2. The zero-order valence-corrected chi connectivity index (χ0v) is 12.6. The number of urea groups is 1. The molecule has 0 heterocycles. The van der Waals surface area contributed by atoms with E-state index in [9.17, 15) is 9.59 Å². The summed E-state index contributed by atoms with van der Waals surface area (Å²) in [5.74, 6) is -0.418. The van der Waals surface area contributed by atoms with Crippen LogP contribution in [0.5, 0.6) is 0 Å². The van der Waals surface area contributed by atoms with E-state index in [1.165, 1.54) is 0 Å². The van der Waals surface area contributed by atoms with Crippen LogP contribution in [0.4, 0.5) is 4.79 Å². The highest BCUT2D eigenvalue weighted by Gasteiger charge is 2.19. The fourth-order valence-electron chi connectivity index (χ4n) is 1.91. The Morgan fingerprint density at radius 2 is 1.89 bits per heavy atom. The quantitative estimate of drug-likeness (QED) is 0.678. The van der Waals surface area contributed by atoms with E-state index in [0.29, 0.717) is 25.4 Å². The molecule has 5 nitrogen and oxygen atoms in total. The summed E-state index contributed by atoms with van der Waals surface area (Å²) in [6.45, 7) is 9.48. The first-order valence-corrected chi connectivity index (χ1v) is 7.21. The van der Waals surface area contributed by atoms with Crippen LogP contribution in [0, 0.1) is 5.92 Å². The van der Waals surface area contributed by atoms with Gasteiger partial charge in [-0.2, -0.15) is 0 Å². The minimum absolute atomic E-state index is 0.0134. The molecule has 2 N–H and O–H groups in total. The molecule has 0 saturated carbocycles. The van der Waals surface area contributed by atoms with E-state index in [4.69, 9.17) is 5.11 Å². The Labute approximate surface area is 116 Å². The van der Waals surface area contributed by atoms with E-state index >= 15 is 0 Å². The van der Waals surface area contributed by atoms with Crippen molar-refractivity contribution < 1.29 is 14.7 Å². The van der Waals surface area contributed by atoms with Crippen LogP contribution in [-0.4, -0.2) is 41.1 Å². The van der Waals surface area contributed by atoms with Crippen molar-refractivity contribution in [2.45, 2.75) is 59.4 Å². The summed E-state index contributed by atoms with van der Waals surface area (Å²) < 4.78 is 0. The van der Waals surface area contributed by atoms with E-state index < -0.39 is 5.97 Å². The van der Waals surface area contributed by atoms with Gasteiger partial charge >= 0.3 is 12.0 Å². The van der Waals surface area contributed by atoms with Gasteiger partial charge in [0.25, 0.3) is 0 Å². The molecule has 5 heteroatoms. The molecule has 0 fully saturated rings. The van der Waals surface area contributed by atoms with Crippen molar-refractivity contribution >= 4 is 12.0 Å². The molecular weight excluding hydrogens is 244 g/mol. The molecule has 0 radical (unpaired) electrons. The Hall–Kier alpha value is -1.26. The SMILES string of the molecule is CCCC(CC(=O)O)NC(=O)N(CC)CC(C)CC. The molecule has 0 spiro atoms. The molecule has 0 aliphatic heterocycles. The fraction of sp³-hybridized carbons (Fsp3) is 0.857. The minimum atomic E-state index is -0.872. The Kier molecular flexibility index (Phi) is 9.00. The Balaban J connectivity index is 4.44. The van der Waals surface area contributed by atoms with Crippen molar-refractivity contribution in [3.63, 3.8) is 0 Å². The molecule has 0 aliphatic carbocycles. The topological polar surface area (TPSA) is 69.6 Å². The number of carboxylic acid groups (broad SMARTS) is 1. The zero-order chi connectivity index (χ0) is 14.8. The summed E-state index contributed by atoms with van der Waals surface area (Å²) in [5, 5.41) is 11.7. The number of aliphatic carboxylic acids is 1. The smallest absolute Gasteiger partial charge is 0.317 e. The monoisotopic (exact) mass is 272 g/mol. The maximum Gasteiger partial charge on any atom is 0.317 e. The molecule has 0 aromatic heterocycles. The number of hydrogen-bond acceptors (Lipinski definition) is 2. The first-order valence-electron chi connectivity index (χ1n) is 7.21. The van der Waals surface area contributed by atoms with Crippen LogP contribution in [0.1, 0.15) is 53.4 Å². The molecule has 0 bridgehead atoms. The summed E-state index contributed by atoms with van der Waals surface area (Å²) in [6.07, 6.45) is 2.56. The van der Waals surface area contributed by atoms with E-state index in [0.717, 1.165) is 12.8 Å². The molecule has 0 aromatic rings. The van der Waals surface area contributed by atoms with Crippen molar-refractivity contribution in [1.82, 2.24) is 10.2 Å². The lowest BCUT2D eigenvalue weighted by molar-refractivity contribution is -0.137. The van der Waals surface area contributed by atoms with Gasteiger partial charge in [0.15, 0.2) is 0 Å². The van der Waals surface area contributed by atoms with Gasteiger partial charge in [0.1, 0.15) is 0 Å². The molecule has 0 saturated heterocycles. The normalized spacial score (nSPS) is 13.7. The van der Waals surface area contributed by atoms with Gasteiger partial charge in [-0.15, -0.1) is 0 Å². The summed E-state index contributed by atoms with van der Waals surface area (Å²) in [4.78, 5) is 24.6. The van der Waals surface area contributed by atoms with Crippen molar-refractivity contribution in [1.29, 1.82) is 0 Å². The number of nitrogens with one attached hydrogen (secondary N) is 1. The van der Waals surface area contributed by atoms with Gasteiger partial charge in [0.05, 0.1) is 6.42 Å². The van der Waals surface area contributed by atoms with Crippen LogP contribution in [-0.2, 0) is 4.79 Å². The lowest BCUT2D eigenvalue weighted by Gasteiger charge is -2.27. The molecule has 2 amide bonds. The molecule has 0 rings (SSSR count). The molecule has 2 atom stereocenters. The van der Waals surface area contributed by atoms with Gasteiger partial charge < -0.3 is 15.3 Å². The van der Waals surface area contributed by atoms with Crippen LogP contribution >= 0.6 is 0 Å². The second kappa shape index (κ2) is 9.64. The first kappa shape index (κ1) is 17.7. The van der Waals surface area contributed by atoms with Crippen molar-refractivity contribution in [3.05, 3.63) is 0 Å². The summed E-state index contributed by atoms with van der Waals surface area (Å²) in [7, 11) is 0. The van der Waals surface area contributed by atoms with Gasteiger partial charge in [-0.25, -0.2) is 4.79 Å². The molecular formula is C14H28N2O3. The van der Waals surface area contributed by atoms with Gasteiger partial charge in [0, 0.05) is 19.1 Å². The summed E-state index contributed by atoms with van der Waals surface area (Å²) in [5.41, 5.74) is 0. The van der Waals surface area contributed by atoms with Crippen LogP contribution < -0.4 is 5.32 Å². The van der Waals surface area contributed by atoms with Crippen molar-refractivity contribution in [2.24, 2.45) is 5.92 Å². The van der Waals surface area contributed by atoms with Gasteiger partial charge in [-0.3, -0.25) is 4.79 Å². The Morgan fingerprint density at radius 1 is 1.26 bits per heavy atom. The number of nitrogens with zero attached hydrogens (tertiary/aromatic N) is 1. The lowest BCUT2D eigenvalue weighted by Crippen LogP contribution is -2.46. The van der Waals surface area contributed by atoms with E-state index in [-0.39, 0.29) is 18.5 Å². The summed E-state index contributed by atoms with van der Waals surface area (Å²) in [6, 6.07) is -0.427. The van der Waals surface area contributed by atoms with E-state index in [1.807, 2.05) is 13.8 Å². The third kappa shape index (κ3) is 7.70. The summed E-state index contributed by atoms with van der Waals surface area (Å²) >= 11 is 0. The first-order chi connectivity index (χ1) is 8.94. The van der Waals surface area contributed by atoms with Crippen molar-refractivity contribution in [2.75, 3.05) is 13.1 Å². The second-order valence-corrected chi connectivity index (χ2v) is 5.09. The van der Waals surface area contributed by atoms with E-state index in [2.05, 4.69) is 19.2 Å². The van der Waals surface area contributed by atoms with Crippen LogP contribution in [0.15, 0.2) is 0 Å². The fourth-order valence-corrected chi connectivity index (χ4v) is 1.91. The molecule has 0 aliphatic rings. The van der Waals surface area contributed by atoms with Gasteiger partial charge in [-0.05, 0) is 19.3 Å². The third-order valence-corrected chi connectivity index (χ3v) is 3.28. The van der Waals surface area contributed by atoms with Gasteiger partial charge in [-0.1, -0.05) is 33.6 Å². The molecule has 2 unspecified atom stereocenters. The van der Waals surface area contributed by atoms with Crippen LogP contribution in [0.3, 0.4) is 0 Å². The maximum atomic E-state index is 12.1. The molecule has 112 valence electrons. The average molecular weight is 272 g/mol. The minimum Gasteiger partial charge on any atom is -0.481 e. The van der Waals surface area contributed by atoms with Gasteiger partial charge in [0.2, 0.25) is 0 Å². The highest BCUT2D eigenvalue weighted by atomic mass is 16.4. The number of rotatable bonds is 9. The maximum absolute atomic E-state index is 12.1. The highest BCUT2D eigenvalue weighted by Crippen LogP contribution is 2.07. The highest BCUT2D eigenvalue weighted by molar-refractivity contribution is 5.75. The number of hydrogen-bond donors (Lipinski definition) is 2. The average Bonchev–Trinajstić information content (AvgIpc) is 2.34. The lowest BCUT2D eigenvalue weighted by atomic mass is 10.1. The molecule has 19 heavy (non-hydrogen) atoms. The number of carboxylic acids is 1. The Bertz CT molecular complexity index is 282.